The van der Waals surface area contributed by atoms with E-state index in [0.717, 1.165) is 18.0 Å². The predicted molar refractivity (Wildman–Crippen MR) is 71.6 cm³/mol. The molecule has 0 radical (unpaired) electrons. The smallest absolute Gasteiger partial charge is 0.120 e. The molecule has 1 saturated heterocycles. The highest BCUT2D eigenvalue weighted by Gasteiger charge is 2.17. The van der Waals surface area contributed by atoms with Crippen molar-refractivity contribution in [2.45, 2.75) is 19.4 Å². The van der Waals surface area contributed by atoms with Gasteiger partial charge in [-0.05, 0) is 55.5 Å². The van der Waals surface area contributed by atoms with Crippen molar-refractivity contribution in [1.82, 2.24) is 5.32 Å². The van der Waals surface area contributed by atoms with Crippen LogP contribution in [0.5, 0.6) is 11.5 Å². The number of phenolic OH excluding ortho intramolecular Hbond substituents is 2. The average Bonchev–Trinajstić information content (AvgIpc) is 2.82. The Hall–Kier alpha value is -0.870. The number of phenols is 2. The van der Waals surface area contributed by atoms with Crippen LogP contribution < -0.4 is 5.32 Å². The van der Waals surface area contributed by atoms with Crippen LogP contribution in [0.15, 0.2) is 18.2 Å². The summed E-state index contributed by atoms with van der Waals surface area (Å²) in [7, 11) is 0. The maximum absolute atomic E-state index is 9.74. The number of rotatable bonds is 4. The predicted octanol–water partition coefficient (Wildman–Crippen LogP) is 2.50. The van der Waals surface area contributed by atoms with Crippen LogP contribution in [0.3, 0.4) is 0 Å². The molecule has 0 amide bonds. The maximum atomic E-state index is 9.74. The molecule has 0 aromatic heterocycles. The van der Waals surface area contributed by atoms with Gasteiger partial charge in [-0.1, -0.05) is 0 Å². The summed E-state index contributed by atoms with van der Waals surface area (Å²) in [5.41, 5.74) is 0.760. The Bertz CT molecular complexity index is 378. The molecule has 0 aliphatic carbocycles. The van der Waals surface area contributed by atoms with Crippen molar-refractivity contribution in [2.75, 3.05) is 18.1 Å². The molecule has 3 nitrogen and oxygen atoms in total. The van der Waals surface area contributed by atoms with E-state index in [9.17, 15) is 10.2 Å². The van der Waals surface area contributed by atoms with E-state index in [1.165, 1.54) is 30.1 Å². The lowest BCUT2D eigenvalue weighted by atomic mass is 10.0. The summed E-state index contributed by atoms with van der Waals surface area (Å²) in [6, 6.07) is 4.72. The van der Waals surface area contributed by atoms with Crippen molar-refractivity contribution in [1.29, 1.82) is 0 Å². The van der Waals surface area contributed by atoms with Crippen LogP contribution in [0.4, 0.5) is 0 Å². The van der Waals surface area contributed by atoms with Crippen LogP contribution in [0.2, 0.25) is 0 Å². The fourth-order valence-corrected chi connectivity index (χ4v) is 3.37. The number of nitrogens with one attached hydrogen (secondary N) is 1. The van der Waals surface area contributed by atoms with E-state index < -0.39 is 0 Å². The third-order valence-corrected chi connectivity index (χ3v) is 4.45. The van der Waals surface area contributed by atoms with E-state index in [2.05, 4.69) is 5.32 Å². The maximum Gasteiger partial charge on any atom is 0.120 e. The van der Waals surface area contributed by atoms with E-state index in [4.69, 9.17) is 0 Å². The Morgan fingerprint density at radius 3 is 3.00 bits per heavy atom. The molecule has 4 heteroatoms. The van der Waals surface area contributed by atoms with E-state index in [1.807, 2.05) is 18.7 Å². The molecule has 1 aromatic rings. The first-order valence-electron chi connectivity index (χ1n) is 6.00. The van der Waals surface area contributed by atoms with Gasteiger partial charge < -0.3 is 15.5 Å². The zero-order valence-electron chi connectivity index (χ0n) is 10.0. The highest BCUT2D eigenvalue weighted by atomic mass is 32.2. The molecule has 0 spiro atoms. The quantitative estimate of drug-likeness (QED) is 0.722. The first-order valence-corrected chi connectivity index (χ1v) is 7.15. The van der Waals surface area contributed by atoms with Crippen LogP contribution in [-0.4, -0.2) is 28.3 Å². The van der Waals surface area contributed by atoms with Gasteiger partial charge in [0.25, 0.3) is 0 Å². The molecule has 2 rings (SSSR count). The SMILES string of the molecule is CC(NCC1CCSC1)c1cc(O)ccc1O. The van der Waals surface area contributed by atoms with Crippen molar-refractivity contribution in [3.63, 3.8) is 0 Å². The van der Waals surface area contributed by atoms with E-state index in [1.54, 1.807) is 6.07 Å². The lowest BCUT2D eigenvalue weighted by molar-refractivity contribution is 0.429. The van der Waals surface area contributed by atoms with Gasteiger partial charge in [0.05, 0.1) is 0 Å². The van der Waals surface area contributed by atoms with Crippen molar-refractivity contribution in [3.05, 3.63) is 23.8 Å². The molecule has 94 valence electrons. The normalized spacial score (nSPS) is 21.6. The van der Waals surface area contributed by atoms with Gasteiger partial charge >= 0.3 is 0 Å². The highest BCUT2D eigenvalue weighted by molar-refractivity contribution is 7.99. The number of hydrogen-bond donors (Lipinski definition) is 3. The molecular formula is C13H19NO2S. The molecule has 1 aromatic carbocycles. The topological polar surface area (TPSA) is 52.5 Å². The number of thioether (sulfide) groups is 1. The third kappa shape index (κ3) is 3.30. The van der Waals surface area contributed by atoms with Gasteiger partial charge in [0.2, 0.25) is 0 Å². The monoisotopic (exact) mass is 253 g/mol. The van der Waals surface area contributed by atoms with Crippen LogP contribution in [0.1, 0.15) is 24.9 Å². The Balaban J connectivity index is 1.93. The van der Waals surface area contributed by atoms with Gasteiger partial charge in [-0.15, -0.1) is 0 Å². The molecule has 1 aliphatic heterocycles. The average molecular weight is 253 g/mol. The van der Waals surface area contributed by atoms with Crippen molar-refractivity contribution in [2.24, 2.45) is 5.92 Å². The summed E-state index contributed by atoms with van der Waals surface area (Å²) >= 11 is 2.01. The molecule has 2 atom stereocenters. The van der Waals surface area contributed by atoms with Crippen molar-refractivity contribution in [3.8, 4) is 11.5 Å². The molecular weight excluding hydrogens is 234 g/mol. The van der Waals surface area contributed by atoms with Crippen molar-refractivity contribution < 1.29 is 10.2 Å². The molecule has 0 saturated carbocycles. The fraction of sp³-hybridized carbons (Fsp3) is 0.538. The van der Waals surface area contributed by atoms with Crippen LogP contribution in [0.25, 0.3) is 0 Å². The summed E-state index contributed by atoms with van der Waals surface area (Å²) in [6.07, 6.45) is 1.27. The Morgan fingerprint density at radius 2 is 2.29 bits per heavy atom. The van der Waals surface area contributed by atoms with Gasteiger partial charge in [-0.3, -0.25) is 0 Å². The standard InChI is InChI=1S/C13H19NO2S/c1-9(14-7-10-4-5-17-8-10)12-6-11(15)2-3-13(12)16/h2-3,6,9-10,14-16H,4-5,7-8H2,1H3. The second-order valence-corrected chi connectivity index (χ2v) is 5.75. The molecule has 2 unspecified atom stereocenters. The van der Waals surface area contributed by atoms with Gasteiger partial charge in [0.1, 0.15) is 11.5 Å². The Kier molecular flexibility index (Phi) is 4.18. The molecule has 17 heavy (non-hydrogen) atoms. The van der Waals surface area contributed by atoms with Crippen LogP contribution in [0, 0.1) is 5.92 Å². The summed E-state index contributed by atoms with van der Waals surface area (Å²) < 4.78 is 0. The van der Waals surface area contributed by atoms with Crippen molar-refractivity contribution >= 4 is 11.8 Å². The molecule has 1 fully saturated rings. The molecule has 0 bridgehead atoms. The number of aromatic hydroxyl groups is 2. The number of benzene rings is 1. The van der Waals surface area contributed by atoms with E-state index >= 15 is 0 Å². The van der Waals surface area contributed by atoms with Gasteiger partial charge in [-0.2, -0.15) is 11.8 Å². The Labute approximate surface area is 106 Å². The summed E-state index contributed by atoms with van der Waals surface area (Å²) in [5, 5.41) is 22.6. The molecule has 1 heterocycles. The van der Waals surface area contributed by atoms with E-state index in [-0.39, 0.29) is 17.5 Å². The highest BCUT2D eigenvalue weighted by Crippen LogP contribution is 2.28. The minimum atomic E-state index is 0.0627. The summed E-state index contributed by atoms with van der Waals surface area (Å²) in [6.45, 7) is 2.99. The fourth-order valence-electron chi connectivity index (χ4n) is 2.09. The van der Waals surface area contributed by atoms with Crippen LogP contribution >= 0.6 is 11.8 Å². The minimum Gasteiger partial charge on any atom is -0.508 e. The van der Waals surface area contributed by atoms with Gasteiger partial charge in [0.15, 0.2) is 0 Å². The summed E-state index contributed by atoms with van der Waals surface area (Å²) in [5.74, 6) is 3.66. The zero-order valence-corrected chi connectivity index (χ0v) is 10.8. The van der Waals surface area contributed by atoms with Gasteiger partial charge in [-0.25, -0.2) is 0 Å². The zero-order chi connectivity index (χ0) is 12.3. The van der Waals surface area contributed by atoms with E-state index in [0.29, 0.717) is 0 Å². The second-order valence-electron chi connectivity index (χ2n) is 4.60. The lowest BCUT2D eigenvalue weighted by Gasteiger charge is -2.18. The molecule has 1 aliphatic rings. The third-order valence-electron chi connectivity index (χ3n) is 3.21. The number of hydrogen-bond acceptors (Lipinski definition) is 4. The summed E-state index contributed by atoms with van der Waals surface area (Å²) in [4.78, 5) is 0. The Morgan fingerprint density at radius 1 is 1.47 bits per heavy atom. The first kappa shape index (κ1) is 12.6. The largest absolute Gasteiger partial charge is 0.508 e. The lowest BCUT2D eigenvalue weighted by Crippen LogP contribution is -2.25. The minimum absolute atomic E-state index is 0.0627. The van der Waals surface area contributed by atoms with Crippen LogP contribution in [-0.2, 0) is 0 Å². The van der Waals surface area contributed by atoms with Gasteiger partial charge in [0, 0.05) is 11.6 Å². The molecule has 3 N–H and O–H groups in total. The first-order chi connectivity index (χ1) is 8.16. The second kappa shape index (κ2) is 5.65.